The van der Waals surface area contributed by atoms with Crippen molar-refractivity contribution in [1.82, 2.24) is 0 Å². The zero-order chi connectivity index (χ0) is 2.00. The summed E-state index contributed by atoms with van der Waals surface area (Å²) in [6, 6.07) is 0. The maximum absolute atomic E-state index is 8.19. The van der Waals surface area contributed by atoms with E-state index in [4.69, 9.17) is 3.67 Å². The molecule has 1 nitrogen and oxygen atoms in total. The van der Waals surface area contributed by atoms with Crippen molar-refractivity contribution < 1.29 is 108 Å². The summed E-state index contributed by atoms with van der Waals surface area (Å²) >= 11 is 1.06. The molecule has 0 aromatic carbocycles. The molecule has 5 heavy (non-hydrogen) atoms. The van der Waals surface area contributed by atoms with E-state index in [0.717, 1.165) is 17.4 Å². The Morgan fingerprint density at radius 1 is 1.40 bits per heavy atom. The predicted octanol–water partition coefficient (Wildman–Crippen LogP) is -3.01. The van der Waals surface area contributed by atoms with Crippen LogP contribution in [0.25, 0.3) is 0 Å². The molecule has 0 atom stereocenters. The summed E-state index contributed by atoms with van der Waals surface area (Å²) in [5.41, 5.74) is 0. The van der Waals surface area contributed by atoms with Gasteiger partial charge in [-0.15, -0.1) is 0 Å². The molecule has 0 bridgehead atoms. The zero-order valence-corrected chi connectivity index (χ0v) is 9.52. The Balaban J connectivity index is -0.000000000833. The normalized spacial score (nSPS) is 0.600. The first kappa shape index (κ1) is 24.3. The molecule has 0 radical (unpaired) electrons. The Morgan fingerprint density at radius 2 is 1.40 bits per heavy atom. The molecule has 0 fully saturated rings. The van der Waals surface area contributed by atoms with Crippen LogP contribution < -0.4 is 51.4 Å². The van der Waals surface area contributed by atoms with Crippen molar-refractivity contribution in [1.29, 1.82) is 0 Å². The Morgan fingerprint density at radius 3 is 1.40 bits per heavy atom. The molecule has 27 valence electrons. The average Bonchev–Trinajstić information content (AvgIpc) is 1.00. The molecule has 0 aromatic rings. The van der Waals surface area contributed by atoms with Gasteiger partial charge in [0, 0.05) is 34.4 Å². The van der Waals surface area contributed by atoms with Gasteiger partial charge in [-0.2, -0.15) is 0 Å². The average molecular weight is 215 g/mol. The Kier molecular flexibility index (Phi) is 135. The van der Waals surface area contributed by atoms with Gasteiger partial charge < -0.3 is 1.43 Å². The molecule has 0 rings (SSSR count). The second kappa shape index (κ2) is 27.6. The van der Waals surface area contributed by atoms with Crippen LogP contribution in [0.5, 0.6) is 0 Å². The van der Waals surface area contributed by atoms with Crippen molar-refractivity contribution in [3.63, 3.8) is 0 Å². The zero-order valence-electron chi connectivity index (χ0n) is 3.62. The van der Waals surface area contributed by atoms with Gasteiger partial charge in [0.25, 0.3) is 0 Å². The first-order valence-corrected chi connectivity index (χ1v) is 0.753. The third kappa shape index (κ3) is 19.3. The Labute approximate surface area is 106 Å². The van der Waals surface area contributed by atoms with Crippen LogP contribution in [0.1, 0.15) is 1.43 Å². The van der Waals surface area contributed by atoms with Gasteiger partial charge in [0.2, 0.25) is 0 Å². The molecule has 5 heteroatoms. The fourth-order valence-electron chi connectivity index (χ4n) is 0. The van der Waals surface area contributed by atoms with Crippen LogP contribution in [0, 0.1) is 0 Å². The van der Waals surface area contributed by atoms with Gasteiger partial charge in [-0.05, 0) is 0 Å². The summed E-state index contributed by atoms with van der Waals surface area (Å²) in [4.78, 5) is 0. The summed E-state index contributed by atoms with van der Waals surface area (Å²) in [6.45, 7) is 0. The molecule has 0 unspecified atom stereocenters. The van der Waals surface area contributed by atoms with Crippen LogP contribution in [0.15, 0.2) is 0 Å². The van der Waals surface area contributed by atoms with Crippen LogP contribution in [0.2, 0.25) is 0 Å². The molecule has 0 saturated carbocycles. The molecule has 0 aliphatic rings. The van der Waals surface area contributed by atoms with E-state index in [9.17, 15) is 0 Å². The van der Waals surface area contributed by atoms with Gasteiger partial charge in [0.05, 0.1) is 0 Å². The van der Waals surface area contributed by atoms with Gasteiger partial charge in [-0.1, -0.05) is 0 Å². The predicted molar refractivity (Wildman–Crippen MR) is 1.80 cm³/mol. The molecule has 0 aliphatic carbocycles. The summed E-state index contributed by atoms with van der Waals surface area (Å²) in [5, 5.41) is 0. The SMILES string of the molecule is [Cr].[Fe].[H-].[K+].[O]=[V]. The van der Waals surface area contributed by atoms with Crippen molar-refractivity contribution in [2.75, 3.05) is 0 Å². The van der Waals surface area contributed by atoms with Gasteiger partial charge in [0.1, 0.15) is 0 Å². The van der Waals surface area contributed by atoms with Crippen molar-refractivity contribution in [2.24, 2.45) is 0 Å². The van der Waals surface area contributed by atoms with E-state index < -0.39 is 0 Å². The minimum atomic E-state index is 0. The van der Waals surface area contributed by atoms with Crippen molar-refractivity contribution in [2.45, 2.75) is 0 Å². The first-order chi connectivity index (χ1) is 1.00. The van der Waals surface area contributed by atoms with E-state index in [1.54, 1.807) is 0 Å². The van der Waals surface area contributed by atoms with Crippen molar-refractivity contribution in [3.8, 4) is 0 Å². The molecule has 0 N–H and O–H groups in total. The topological polar surface area (TPSA) is 17.1 Å². The second-order valence-electron chi connectivity index (χ2n) is 0. The van der Waals surface area contributed by atoms with E-state index in [1.165, 1.54) is 0 Å². The standard InChI is InChI=1S/Cr.Fe.K.O.V.H/q;;+1;;;-1. The van der Waals surface area contributed by atoms with Crippen LogP contribution >= 0.6 is 0 Å². The third-order valence-electron chi connectivity index (χ3n) is 0. The number of hydrogen-bond acceptors (Lipinski definition) is 1. The molecular formula is HCrFeKOV. The summed E-state index contributed by atoms with van der Waals surface area (Å²) in [6.07, 6.45) is 0. The number of hydrogen-bond donors (Lipinski definition) is 0. The van der Waals surface area contributed by atoms with Gasteiger partial charge >= 0.3 is 72.4 Å². The molecule has 0 amide bonds. The van der Waals surface area contributed by atoms with Crippen LogP contribution in [-0.2, 0) is 55.5 Å². The Hall–Kier alpha value is 3.07. The van der Waals surface area contributed by atoms with Crippen LogP contribution in [-0.4, -0.2) is 0 Å². The maximum atomic E-state index is 8.19. The first-order valence-electron chi connectivity index (χ1n) is 0.183. The molecule has 0 aromatic heterocycles. The summed E-state index contributed by atoms with van der Waals surface area (Å²) in [5.74, 6) is 0. The fourth-order valence-corrected chi connectivity index (χ4v) is 0. The van der Waals surface area contributed by atoms with E-state index in [0.29, 0.717) is 0 Å². The van der Waals surface area contributed by atoms with Gasteiger partial charge in [0.15, 0.2) is 0 Å². The quantitative estimate of drug-likeness (QED) is 0.393. The van der Waals surface area contributed by atoms with E-state index in [-0.39, 0.29) is 87.2 Å². The molecule has 0 saturated heterocycles. The van der Waals surface area contributed by atoms with Crippen molar-refractivity contribution in [3.05, 3.63) is 0 Å². The molecular weight excluding hydrogens is 214 g/mol. The molecule has 0 spiro atoms. The third-order valence-corrected chi connectivity index (χ3v) is 0. The van der Waals surface area contributed by atoms with E-state index in [2.05, 4.69) is 0 Å². The van der Waals surface area contributed by atoms with Crippen molar-refractivity contribution >= 4 is 0 Å². The minimum absolute atomic E-state index is 0. The van der Waals surface area contributed by atoms with Gasteiger partial charge in [-0.25, -0.2) is 0 Å². The fraction of sp³-hybridized carbons (Fsp3) is 0. The van der Waals surface area contributed by atoms with Crippen LogP contribution in [0.3, 0.4) is 0 Å². The monoisotopic (exact) mass is 215 g/mol. The summed E-state index contributed by atoms with van der Waals surface area (Å²) in [7, 11) is 0. The second-order valence-corrected chi connectivity index (χ2v) is 0. The Bertz CT molecular complexity index is 15.5. The van der Waals surface area contributed by atoms with Crippen LogP contribution in [0.4, 0.5) is 0 Å². The van der Waals surface area contributed by atoms with Gasteiger partial charge in [-0.3, -0.25) is 0 Å². The van der Waals surface area contributed by atoms with E-state index >= 15 is 0 Å². The number of rotatable bonds is 0. The summed E-state index contributed by atoms with van der Waals surface area (Å²) < 4.78 is 8.19. The molecule has 0 aliphatic heterocycles. The molecule has 0 heterocycles. The van der Waals surface area contributed by atoms with E-state index in [1.807, 2.05) is 0 Å².